The third-order valence-electron chi connectivity index (χ3n) is 2.32. The topological polar surface area (TPSA) is 44.9 Å². The monoisotopic (exact) mass is 254 g/mol. The van der Waals surface area contributed by atoms with E-state index in [1.807, 2.05) is 0 Å². The first-order chi connectivity index (χ1) is 8.58. The molecule has 0 fully saturated rings. The Morgan fingerprint density at radius 1 is 1.17 bits per heavy atom. The fourth-order valence-corrected chi connectivity index (χ4v) is 1.47. The molecule has 1 heterocycles. The van der Waals surface area contributed by atoms with Gasteiger partial charge < -0.3 is 10.3 Å². The molecule has 6 heteroatoms. The molecule has 94 valence electrons. The number of aromatic nitrogens is 1. The van der Waals surface area contributed by atoms with E-state index < -0.39 is 23.4 Å². The zero-order valence-electron chi connectivity index (χ0n) is 9.14. The summed E-state index contributed by atoms with van der Waals surface area (Å²) in [5.74, 6) is -4.83. The van der Waals surface area contributed by atoms with Crippen LogP contribution in [0.25, 0.3) is 0 Å². The summed E-state index contributed by atoms with van der Waals surface area (Å²) in [7, 11) is 0. The standard InChI is InChI=1S/C12H9F3N2O/c13-8-3-4-9(12(15)11(8)14)17-10(18)6-7-2-1-5-16-7/h1-5,16H,6H2,(H,17,18). The maximum Gasteiger partial charge on any atom is 0.230 e. The summed E-state index contributed by atoms with van der Waals surface area (Å²) in [5.41, 5.74) is 0.251. The molecule has 0 unspecified atom stereocenters. The number of hydrogen-bond acceptors (Lipinski definition) is 1. The first-order valence-corrected chi connectivity index (χ1v) is 5.13. The average molecular weight is 254 g/mol. The minimum absolute atomic E-state index is 0.00850. The second-order valence-electron chi connectivity index (χ2n) is 3.64. The zero-order valence-corrected chi connectivity index (χ0v) is 9.14. The fraction of sp³-hybridized carbons (Fsp3) is 0.0833. The minimum Gasteiger partial charge on any atom is -0.365 e. The van der Waals surface area contributed by atoms with E-state index in [0.29, 0.717) is 5.69 Å². The Bertz CT molecular complexity index is 567. The summed E-state index contributed by atoms with van der Waals surface area (Å²) >= 11 is 0. The van der Waals surface area contributed by atoms with Gasteiger partial charge >= 0.3 is 0 Å². The highest BCUT2D eigenvalue weighted by atomic mass is 19.2. The maximum absolute atomic E-state index is 13.3. The molecule has 2 rings (SSSR count). The van der Waals surface area contributed by atoms with Crippen LogP contribution in [0.1, 0.15) is 5.69 Å². The molecule has 0 aliphatic rings. The van der Waals surface area contributed by atoms with Crippen LogP contribution in [0, 0.1) is 17.5 Å². The smallest absolute Gasteiger partial charge is 0.230 e. The largest absolute Gasteiger partial charge is 0.365 e. The SMILES string of the molecule is O=C(Cc1ccc[nH]1)Nc1ccc(F)c(F)c1F. The molecular weight excluding hydrogens is 245 g/mol. The summed E-state index contributed by atoms with van der Waals surface area (Å²) in [4.78, 5) is 14.3. The molecule has 0 atom stereocenters. The van der Waals surface area contributed by atoms with E-state index in [9.17, 15) is 18.0 Å². The molecule has 0 aliphatic heterocycles. The van der Waals surface area contributed by atoms with E-state index >= 15 is 0 Å². The maximum atomic E-state index is 13.3. The number of anilines is 1. The van der Waals surface area contributed by atoms with Gasteiger partial charge in [0.25, 0.3) is 0 Å². The lowest BCUT2D eigenvalue weighted by Crippen LogP contribution is -2.16. The van der Waals surface area contributed by atoms with Crippen LogP contribution in [0.2, 0.25) is 0 Å². The predicted molar refractivity (Wildman–Crippen MR) is 59.4 cm³/mol. The van der Waals surface area contributed by atoms with E-state index in [2.05, 4.69) is 10.3 Å². The molecule has 0 bridgehead atoms. The van der Waals surface area contributed by atoms with Crippen molar-refractivity contribution in [2.75, 3.05) is 5.32 Å². The number of carbonyl (C=O) groups excluding carboxylic acids is 1. The van der Waals surface area contributed by atoms with Crippen LogP contribution in [0.15, 0.2) is 30.5 Å². The number of hydrogen-bond donors (Lipinski definition) is 2. The number of nitrogens with one attached hydrogen (secondary N) is 2. The highest BCUT2D eigenvalue weighted by Gasteiger charge is 2.15. The van der Waals surface area contributed by atoms with Crippen molar-refractivity contribution in [3.8, 4) is 0 Å². The Balaban J connectivity index is 2.10. The molecule has 0 spiro atoms. The van der Waals surface area contributed by atoms with Crippen molar-refractivity contribution in [3.05, 3.63) is 53.6 Å². The first kappa shape index (κ1) is 12.2. The van der Waals surface area contributed by atoms with Crippen molar-refractivity contribution < 1.29 is 18.0 Å². The lowest BCUT2D eigenvalue weighted by molar-refractivity contribution is -0.115. The van der Waals surface area contributed by atoms with Gasteiger partial charge in [0.05, 0.1) is 12.1 Å². The zero-order chi connectivity index (χ0) is 13.1. The number of rotatable bonds is 3. The Morgan fingerprint density at radius 3 is 2.61 bits per heavy atom. The molecule has 0 radical (unpaired) electrons. The molecule has 18 heavy (non-hydrogen) atoms. The van der Waals surface area contributed by atoms with Crippen molar-refractivity contribution in [3.63, 3.8) is 0 Å². The molecular formula is C12H9F3N2O. The summed E-state index contributed by atoms with van der Waals surface area (Å²) in [6, 6.07) is 5.12. The number of aromatic amines is 1. The van der Waals surface area contributed by atoms with E-state index in [0.717, 1.165) is 12.1 Å². The van der Waals surface area contributed by atoms with Crippen LogP contribution in [0.3, 0.4) is 0 Å². The van der Waals surface area contributed by atoms with Gasteiger partial charge in [0.1, 0.15) is 0 Å². The van der Waals surface area contributed by atoms with Crippen molar-refractivity contribution in [1.29, 1.82) is 0 Å². The second kappa shape index (κ2) is 4.95. The van der Waals surface area contributed by atoms with Crippen molar-refractivity contribution in [1.82, 2.24) is 4.98 Å². The molecule has 1 aromatic carbocycles. The molecule has 0 saturated carbocycles. The van der Waals surface area contributed by atoms with Crippen LogP contribution >= 0.6 is 0 Å². The quantitative estimate of drug-likeness (QED) is 0.812. The van der Waals surface area contributed by atoms with Gasteiger partial charge in [-0.15, -0.1) is 0 Å². The summed E-state index contributed by atoms with van der Waals surface area (Å²) in [6.45, 7) is 0. The van der Waals surface area contributed by atoms with Gasteiger partial charge in [0.15, 0.2) is 17.5 Å². The Labute approximate surface area is 101 Å². The van der Waals surface area contributed by atoms with Crippen LogP contribution in [-0.4, -0.2) is 10.9 Å². The fourth-order valence-electron chi connectivity index (χ4n) is 1.47. The van der Waals surface area contributed by atoms with E-state index in [4.69, 9.17) is 0 Å². The molecule has 0 saturated heterocycles. The average Bonchev–Trinajstić information content (AvgIpc) is 2.83. The number of carbonyl (C=O) groups is 1. The van der Waals surface area contributed by atoms with E-state index in [1.165, 1.54) is 0 Å². The normalized spacial score (nSPS) is 10.4. The number of benzene rings is 1. The van der Waals surface area contributed by atoms with Crippen LogP contribution in [-0.2, 0) is 11.2 Å². The molecule has 0 aliphatic carbocycles. The van der Waals surface area contributed by atoms with Crippen molar-refractivity contribution >= 4 is 11.6 Å². The van der Waals surface area contributed by atoms with Gasteiger partial charge in [-0.25, -0.2) is 13.2 Å². The first-order valence-electron chi connectivity index (χ1n) is 5.13. The Hall–Kier alpha value is -2.24. The van der Waals surface area contributed by atoms with Crippen LogP contribution in [0.4, 0.5) is 18.9 Å². The highest BCUT2D eigenvalue weighted by Crippen LogP contribution is 2.19. The number of amides is 1. The van der Waals surface area contributed by atoms with Crippen molar-refractivity contribution in [2.45, 2.75) is 6.42 Å². The highest BCUT2D eigenvalue weighted by molar-refractivity contribution is 5.92. The van der Waals surface area contributed by atoms with Gasteiger partial charge in [-0.3, -0.25) is 4.79 Å². The van der Waals surface area contributed by atoms with Crippen LogP contribution < -0.4 is 5.32 Å². The van der Waals surface area contributed by atoms with Gasteiger partial charge in [-0.05, 0) is 24.3 Å². The minimum atomic E-state index is -1.60. The summed E-state index contributed by atoms with van der Waals surface area (Å²) in [5, 5.41) is 2.18. The summed E-state index contributed by atoms with van der Waals surface area (Å²) < 4.78 is 38.8. The predicted octanol–water partition coefficient (Wildman–Crippen LogP) is 2.61. The number of H-pyrrole nitrogens is 1. The molecule has 1 aromatic heterocycles. The van der Waals surface area contributed by atoms with E-state index in [-0.39, 0.29) is 12.1 Å². The molecule has 2 aromatic rings. The lowest BCUT2D eigenvalue weighted by atomic mass is 10.2. The van der Waals surface area contributed by atoms with E-state index in [1.54, 1.807) is 18.3 Å². The molecule has 3 nitrogen and oxygen atoms in total. The third kappa shape index (κ3) is 2.53. The second-order valence-corrected chi connectivity index (χ2v) is 3.64. The van der Waals surface area contributed by atoms with Gasteiger partial charge in [-0.1, -0.05) is 0 Å². The Morgan fingerprint density at radius 2 is 1.94 bits per heavy atom. The van der Waals surface area contributed by atoms with Crippen molar-refractivity contribution in [2.24, 2.45) is 0 Å². The Kier molecular flexibility index (Phi) is 3.36. The third-order valence-corrected chi connectivity index (χ3v) is 2.32. The molecule has 1 amide bonds. The molecule has 2 N–H and O–H groups in total. The lowest BCUT2D eigenvalue weighted by Gasteiger charge is -2.06. The summed E-state index contributed by atoms with van der Waals surface area (Å²) in [6.07, 6.45) is 1.63. The van der Waals surface area contributed by atoms with Gasteiger partial charge in [0, 0.05) is 11.9 Å². The van der Waals surface area contributed by atoms with Gasteiger partial charge in [-0.2, -0.15) is 0 Å². The number of halogens is 3. The van der Waals surface area contributed by atoms with Crippen LogP contribution in [0.5, 0.6) is 0 Å². The van der Waals surface area contributed by atoms with Gasteiger partial charge in [0.2, 0.25) is 5.91 Å².